The second kappa shape index (κ2) is 10.4. The molecular formula is C28H29N3O2S. The Morgan fingerprint density at radius 2 is 1.76 bits per heavy atom. The van der Waals surface area contributed by atoms with Crippen molar-refractivity contribution in [2.75, 3.05) is 5.32 Å². The maximum Gasteiger partial charge on any atom is 0.254 e. The van der Waals surface area contributed by atoms with Crippen LogP contribution in [0.4, 0.5) is 5.69 Å². The number of nitrogens with zero attached hydrogens (tertiary/aromatic N) is 2. The molecule has 1 aromatic heterocycles. The van der Waals surface area contributed by atoms with E-state index in [1.165, 1.54) is 12.0 Å². The molecule has 2 amide bonds. The molecule has 1 aliphatic carbocycles. The van der Waals surface area contributed by atoms with E-state index in [0.29, 0.717) is 11.5 Å². The van der Waals surface area contributed by atoms with Crippen LogP contribution in [0.3, 0.4) is 0 Å². The van der Waals surface area contributed by atoms with Gasteiger partial charge >= 0.3 is 0 Å². The molecule has 0 spiro atoms. The van der Waals surface area contributed by atoms with E-state index in [9.17, 15) is 9.59 Å². The number of carbonyl (C=O) groups is 2. The predicted octanol–water partition coefficient (Wildman–Crippen LogP) is 5.79. The summed E-state index contributed by atoms with van der Waals surface area (Å²) >= 11 is 1.74. The molecule has 174 valence electrons. The Hall–Kier alpha value is -3.12. The third-order valence-corrected chi connectivity index (χ3v) is 7.98. The Kier molecular flexibility index (Phi) is 6.95. The fraction of sp³-hybridized carbons (Fsp3) is 0.321. The summed E-state index contributed by atoms with van der Waals surface area (Å²) in [5.41, 5.74) is 2.59. The van der Waals surface area contributed by atoms with Gasteiger partial charge in [0.05, 0.1) is 0 Å². The molecular weight excluding hydrogens is 442 g/mol. The number of pyridine rings is 1. The van der Waals surface area contributed by atoms with Gasteiger partial charge in [-0.25, -0.2) is 0 Å². The predicted molar refractivity (Wildman–Crippen MR) is 136 cm³/mol. The number of likely N-dealkylation sites (tertiary alicyclic amines) is 1. The lowest BCUT2D eigenvalue weighted by Gasteiger charge is -2.33. The van der Waals surface area contributed by atoms with Gasteiger partial charge in [0, 0.05) is 40.3 Å². The van der Waals surface area contributed by atoms with E-state index >= 15 is 0 Å². The van der Waals surface area contributed by atoms with Crippen molar-refractivity contribution in [2.24, 2.45) is 5.92 Å². The first-order valence-electron chi connectivity index (χ1n) is 12.0. The van der Waals surface area contributed by atoms with Gasteiger partial charge in [-0.15, -0.1) is 11.8 Å². The molecule has 0 bridgehead atoms. The molecule has 2 heterocycles. The van der Waals surface area contributed by atoms with Crippen LogP contribution in [0.5, 0.6) is 0 Å². The molecule has 0 radical (unpaired) electrons. The standard InChI is InChI=1S/C28H29N3O2S/c32-27(30-23-12-14-24(15-13-23)34-19-20-7-6-16-29-18-20)26-17-22-10-4-5-11-25(22)31(26)28(33)21-8-2-1-3-9-21/h1-3,6-9,12-16,18,22,25-26H,4-5,10-11,17,19H2,(H,30,32). The Bertz CT molecular complexity index is 1120. The highest BCUT2D eigenvalue weighted by Crippen LogP contribution is 2.41. The highest BCUT2D eigenvalue weighted by Gasteiger charge is 2.47. The molecule has 34 heavy (non-hydrogen) atoms. The van der Waals surface area contributed by atoms with Crippen LogP contribution in [0, 0.1) is 5.92 Å². The maximum absolute atomic E-state index is 13.4. The maximum atomic E-state index is 13.4. The Morgan fingerprint density at radius 3 is 2.53 bits per heavy atom. The Labute approximate surface area is 205 Å². The molecule has 3 unspecified atom stereocenters. The lowest BCUT2D eigenvalue weighted by molar-refractivity contribution is -0.120. The monoisotopic (exact) mass is 471 g/mol. The van der Waals surface area contributed by atoms with Crippen molar-refractivity contribution >= 4 is 29.3 Å². The lowest BCUT2D eigenvalue weighted by Crippen LogP contribution is -2.47. The number of rotatable bonds is 6. The number of hydrogen-bond acceptors (Lipinski definition) is 4. The largest absolute Gasteiger partial charge is 0.324 e. The number of nitrogens with one attached hydrogen (secondary N) is 1. The number of fused-ring (bicyclic) bond motifs is 1. The number of benzene rings is 2. The summed E-state index contributed by atoms with van der Waals surface area (Å²) in [5.74, 6) is 1.14. The Morgan fingerprint density at radius 1 is 0.971 bits per heavy atom. The van der Waals surface area contributed by atoms with Gasteiger partial charge in [-0.3, -0.25) is 14.6 Å². The molecule has 5 nitrogen and oxygen atoms in total. The summed E-state index contributed by atoms with van der Waals surface area (Å²) < 4.78 is 0. The first kappa shape index (κ1) is 22.7. The number of carbonyl (C=O) groups excluding carboxylic acids is 2. The van der Waals surface area contributed by atoms with Crippen molar-refractivity contribution in [3.05, 3.63) is 90.3 Å². The minimum Gasteiger partial charge on any atom is -0.324 e. The van der Waals surface area contributed by atoms with Crippen LogP contribution in [0.25, 0.3) is 0 Å². The van der Waals surface area contributed by atoms with Crippen LogP contribution >= 0.6 is 11.8 Å². The minimum absolute atomic E-state index is 0.0303. The van der Waals surface area contributed by atoms with E-state index in [4.69, 9.17) is 0 Å². The van der Waals surface area contributed by atoms with Crippen molar-refractivity contribution in [2.45, 2.75) is 54.8 Å². The van der Waals surface area contributed by atoms with Gasteiger partial charge in [-0.05, 0) is 73.2 Å². The first-order chi connectivity index (χ1) is 16.7. The molecule has 1 saturated carbocycles. The van der Waals surface area contributed by atoms with Gasteiger partial charge in [0.1, 0.15) is 6.04 Å². The van der Waals surface area contributed by atoms with Gasteiger partial charge in [0.2, 0.25) is 5.91 Å². The normalized spacial score (nSPS) is 21.6. The quantitative estimate of drug-likeness (QED) is 0.463. The number of anilines is 1. The van der Waals surface area contributed by atoms with Crippen LogP contribution in [0.1, 0.15) is 48.0 Å². The van der Waals surface area contributed by atoms with Crippen molar-refractivity contribution in [1.82, 2.24) is 9.88 Å². The molecule has 2 aliphatic rings. The van der Waals surface area contributed by atoms with Crippen LogP contribution in [-0.4, -0.2) is 33.8 Å². The number of aromatic nitrogens is 1. The van der Waals surface area contributed by atoms with E-state index in [1.807, 2.05) is 71.8 Å². The molecule has 1 N–H and O–H groups in total. The highest BCUT2D eigenvalue weighted by atomic mass is 32.2. The molecule has 3 atom stereocenters. The van der Waals surface area contributed by atoms with E-state index in [1.54, 1.807) is 18.0 Å². The van der Waals surface area contributed by atoms with Crippen molar-refractivity contribution in [3.8, 4) is 0 Å². The van der Waals surface area contributed by atoms with E-state index in [0.717, 1.165) is 42.0 Å². The number of hydrogen-bond donors (Lipinski definition) is 1. The third kappa shape index (κ3) is 5.02. The van der Waals surface area contributed by atoms with E-state index < -0.39 is 6.04 Å². The van der Waals surface area contributed by atoms with E-state index in [-0.39, 0.29) is 17.9 Å². The summed E-state index contributed by atoms with van der Waals surface area (Å²) in [5, 5.41) is 3.08. The summed E-state index contributed by atoms with van der Waals surface area (Å²) in [6.07, 6.45) is 8.77. The van der Waals surface area contributed by atoms with Gasteiger partial charge < -0.3 is 10.2 Å². The van der Waals surface area contributed by atoms with Gasteiger partial charge in [-0.1, -0.05) is 37.1 Å². The SMILES string of the molecule is O=C(Nc1ccc(SCc2cccnc2)cc1)C1CC2CCCCC2N1C(=O)c1ccccc1. The second-order valence-electron chi connectivity index (χ2n) is 9.11. The van der Waals surface area contributed by atoms with Gasteiger partial charge in [0.25, 0.3) is 5.91 Å². The minimum atomic E-state index is -0.430. The number of thioether (sulfide) groups is 1. The second-order valence-corrected chi connectivity index (χ2v) is 10.2. The molecule has 5 rings (SSSR count). The summed E-state index contributed by atoms with van der Waals surface area (Å²) in [4.78, 5) is 34.0. The molecule has 2 fully saturated rings. The van der Waals surface area contributed by atoms with Crippen molar-refractivity contribution in [1.29, 1.82) is 0 Å². The van der Waals surface area contributed by atoms with Crippen LogP contribution in [0.15, 0.2) is 84.0 Å². The van der Waals surface area contributed by atoms with Crippen molar-refractivity contribution in [3.63, 3.8) is 0 Å². The van der Waals surface area contributed by atoms with Crippen LogP contribution in [-0.2, 0) is 10.5 Å². The zero-order valence-electron chi connectivity index (χ0n) is 19.1. The fourth-order valence-corrected chi connectivity index (χ4v) is 6.06. The smallest absolute Gasteiger partial charge is 0.254 e. The average molecular weight is 472 g/mol. The zero-order valence-corrected chi connectivity index (χ0v) is 19.9. The topological polar surface area (TPSA) is 62.3 Å². The number of amides is 2. The van der Waals surface area contributed by atoms with Crippen molar-refractivity contribution < 1.29 is 9.59 Å². The summed E-state index contributed by atoms with van der Waals surface area (Å²) in [6.45, 7) is 0. The molecule has 3 aromatic rings. The molecule has 2 aromatic carbocycles. The molecule has 6 heteroatoms. The zero-order chi connectivity index (χ0) is 23.3. The lowest BCUT2D eigenvalue weighted by atomic mass is 9.84. The van der Waals surface area contributed by atoms with Crippen LogP contribution in [0.2, 0.25) is 0 Å². The van der Waals surface area contributed by atoms with E-state index in [2.05, 4.69) is 16.4 Å². The van der Waals surface area contributed by atoms with Crippen LogP contribution < -0.4 is 5.32 Å². The summed E-state index contributed by atoms with van der Waals surface area (Å²) in [7, 11) is 0. The summed E-state index contributed by atoms with van der Waals surface area (Å²) in [6, 6.07) is 21.0. The Balaban J connectivity index is 1.27. The average Bonchev–Trinajstić information content (AvgIpc) is 3.29. The van der Waals surface area contributed by atoms with Gasteiger partial charge in [-0.2, -0.15) is 0 Å². The third-order valence-electron chi connectivity index (χ3n) is 6.90. The first-order valence-corrected chi connectivity index (χ1v) is 13.0. The molecule has 1 saturated heterocycles. The van der Waals surface area contributed by atoms with Gasteiger partial charge in [0.15, 0.2) is 0 Å². The highest BCUT2D eigenvalue weighted by molar-refractivity contribution is 7.98. The molecule has 1 aliphatic heterocycles. The fourth-order valence-electron chi connectivity index (χ4n) is 5.23.